The van der Waals surface area contributed by atoms with Crippen molar-refractivity contribution in [2.75, 3.05) is 13.7 Å². The van der Waals surface area contributed by atoms with E-state index in [0.29, 0.717) is 24.4 Å². The summed E-state index contributed by atoms with van der Waals surface area (Å²) in [7, 11) is 1.61. The van der Waals surface area contributed by atoms with Crippen LogP contribution < -0.4 is 14.0 Å². The molecule has 1 heterocycles. The number of aromatic nitrogens is 1. The van der Waals surface area contributed by atoms with Gasteiger partial charge in [0.05, 0.1) is 19.3 Å². The molecule has 5 heteroatoms. The Kier molecular flexibility index (Phi) is 16.4. The first-order valence-electron chi connectivity index (χ1n) is 17.2. The van der Waals surface area contributed by atoms with Crippen LogP contribution in [-0.2, 0) is 19.6 Å². The number of hydrogen-bond acceptors (Lipinski definition) is 3. The fourth-order valence-electron chi connectivity index (χ4n) is 5.78. The summed E-state index contributed by atoms with van der Waals surface area (Å²) in [6, 6.07) is 20.0. The molecule has 0 fully saturated rings. The molecule has 240 valence electrons. The van der Waals surface area contributed by atoms with Gasteiger partial charge in [-0.1, -0.05) is 109 Å². The predicted molar refractivity (Wildman–Crippen MR) is 181 cm³/mol. The van der Waals surface area contributed by atoms with Crippen LogP contribution in [0.3, 0.4) is 0 Å². The number of nitrogens with zero attached hydrogens (tertiary/aromatic N) is 2. The maximum atomic E-state index is 13.9. The van der Waals surface area contributed by atoms with Gasteiger partial charge in [-0.2, -0.15) is 0 Å². The maximum absolute atomic E-state index is 13.9. The van der Waals surface area contributed by atoms with Crippen LogP contribution in [0.4, 0.5) is 0 Å². The number of methoxy groups -OCH3 is 1. The number of pyridine rings is 1. The number of carbonyl (C=O) groups excluding carboxylic acids is 1. The SMILES string of the molecule is CCCCCCCCCCCCCCOc1ccc(CN(Cc2cccc[n+]2CCC)C(=O)c2ccccc2OC)c(C)c1. The van der Waals surface area contributed by atoms with E-state index in [0.717, 1.165) is 48.6 Å². The van der Waals surface area contributed by atoms with E-state index in [1.54, 1.807) is 7.11 Å². The van der Waals surface area contributed by atoms with E-state index in [9.17, 15) is 4.79 Å². The van der Waals surface area contributed by atoms with Crippen LogP contribution >= 0.6 is 0 Å². The number of ether oxygens (including phenoxy) is 2. The summed E-state index contributed by atoms with van der Waals surface area (Å²) in [6.45, 7) is 9.24. The Labute approximate surface area is 267 Å². The zero-order valence-electron chi connectivity index (χ0n) is 28.0. The third kappa shape index (κ3) is 12.0. The van der Waals surface area contributed by atoms with Crippen molar-refractivity contribution in [3.63, 3.8) is 0 Å². The third-order valence-corrected chi connectivity index (χ3v) is 8.42. The van der Waals surface area contributed by atoms with Gasteiger partial charge in [-0.25, -0.2) is 4.57 Å². The molecular formula is C39H57N2O3+. The van der Waals surface area contributed by atoms with Gasteiger partial charge in [0.25, 0.3) is 5.91 Å². The molecule has 44 heavy (non-hydrogen) atoms. The minimum absolute atomic E-state index is 0.0407. The van der Waals surface area contributed by atoms with Gasteiger partial charge >= 0.3 is 0 Å². The molecule has 3 rings (SSSR count). The second-order valence-corrected chi connectivity index (χ2v) is 12.1. The summed E-state index contributed by atoms with van der Waals surface area (Å²) in [4.78, 5) is 15.9. The average molecular weight is 602 g/mol. The van der Waals surface area contributed by atoms with Crippen molar-refractivity contribution >= 4 is 5.91 Å². The maximum Gasteiger partial charge on any atom is 0.258 e. The van der Waals surface area contributed by atoms with Crippen molar-refractivity contribution in [3.8, 4) is 11.5 Å². The Morgan fingerprint density at radius 2 is 1.41 bits per heavy atom. The van der Waals surface area contributed by atoms with Gasteiger partial charge in [0, 0.05) is 25.1 Å². The summed E-state index contributed by atoms with van der Waals surface area (Å²) in [6.07, 6.45) is 19.2. The Balaban J connectivity index is 1.54. The van der Waals surface area contributed by atoms with Gasteiger partial charge in [0.15, 0.2) is 6.20 Å². The zero-order valence-corrected chi connectivity index (χ0v) is 28.0. The van der Waals surface area contributed by atoms with E-state index >= 15 is 0 Å². The van der Waals surface area contributed by atoms with Crippen molar-refractivity contribution < 1.29 is 18.8 Å². The van der Waals surface area contributed by atoms with Crippen molar-refractivity contribution in [3.05, 3.63) is 89.2 Å². The normalized spacial score (nSPS) is 11.0. The lowest BCUT2D eigenvalue weighted by molar-refractivity contribution is -0.705. The van der Waals surface area contributed by atoms with Crippen LogP contribution in [0, 0.1) is 6.92 Å². The molecule has 0 saturated carbocycles. The Bertz CT molecular complexity index is 1240. The van der Waals surface area contributed by atoms with Crippen LogP contribution in [0.25, 0.3) is 0 Å². The lowest BCUT2D eigenvalue weighted by Crippen LogP contribution is -2.42. The highest BCUT2D eigenvalue weighted by molar-refractivity contribution is 5.96. The minimum Gasteiger partial charge on any atom is -0.496 e. The summed E-state index contributed by atoms with van der Waals surface area (Å²) in [5.41, 5.74) is 3.93. The minimum atomic E-state index is -0.0407. The predicted octanol–water partition coefficient (Wildman–Crippen LogP) is 9.62. The number of amides is 1. The molecule has 0 aliphatic carbocycles. The topological polar surface area (TPSA) is 42.7 Å². The highest BCUT2D eigenvalue weighted by Gasteiger charge is 2.24. The molecule has 2 aromatic carbocycles. The number of benzene rings is 2. The fraction of sp³-hybridized carbons (Fsp3) is 0.538. The molecule has 0 bridgehead atoms. The van der Waals surface area contributed by atoms with E-state index in [1.165, 1.54) is 70.6 Å². The molecule has 0 saturated heterocycles. The van der Waals surface area contributed by atoms with Crippen molar-refractivity contribution in [2.45, 2.75) is 124 Å². The standard InChI is InChI=1S/C39H57N2O3/c1-5-7-8-9-10-11-12-13-14-15-16-21-29-44-36-26-25-34(33(3)30-36)31-41(32-35-22-19-20-28-40(35)27-6-2)39(42)37-23-17-18-24-38(37)43-4/h17-20,22-26,28,30H,5-16,21,27,29,31-32H2,1-4H3/q+1. The first-order valence-corrected chi connectivity index (χ1v) is 17.2. The quantitative estimate of drug-likeness (QED) is 0.0851. The first-order chi connectivity index (χ1) is 21.6. The molecule has 5 nitrogen and oxygen atoms in total. The number of aryl methyl sites for hydroxylation is 2. The Hall–Kier alpha value is -3.34. The number of para-hydroxylation sites is 1. The Morgan fingerprint density at radius 1 is 0.750 bits per heavy atom. The number of hydrogen-bond donors (Lipinski definition) is 0. The smallest absolute Gasteiger partial charge is 0.258 e. The van der Waals surface area contributed by atoms with Crippen LogP contribution in [0.1, 0.15) is 124 Å². The molecule has 3 aromatic rings. The van der Waals surface area contributed by atoms with Gasteiger partial charge in [-0.15, -0.1) is 0 Å². The highest BCUT2D eigenvalue weighted by Crippen LogP contribution is 2.24. The van der Waals surface area contributed by atoms with Gasteiger partial charge < -0.3 is 14.4 Å². The molecule has 0 aliphatic rings. The van der Waals surface area contributed by atoms with Gasteiger partial charge in [-0.3, -0.25) is 4.79 Å². The summed E-state index contributed by atoms with van der Waals surface area (Å²) >= 11 is 0. The average Bonchev–Trinajstić information content (AvgIpc) is 3.04. The number of unbranched alkanes of at least 4 members (excludes halogenated alkanes) is 11. The van der Waals surface area contributed by atoms with Crippen molar-refractivity contribution in [1.29, 1.82) is 0 Å². The molecule has 0 aliphatic heterocycles. The van der Waals surface area contributed by atoms with E-state index in [4.69, 9.17) is 9.47 Å². The van der Waals surface area contributed by atoms with Crippen LogP contribution in [0.2, 0.25) is 0 Å². The molecule has 1 aromatic heterocycles. The largest absolute Gasteiger partial charge is 0.496 e. The Morgan fingerprint density at radius 3 is 2.07 bits per heavy atom. The fourth-order valence-corrected chi connectivity index (χ4v) is 5.78. The number of rotatable bonds is 22. The second kappa shape index (κ2) is 20.6. The summed E-state index contributed by atoms with van der Waals surface area (Å²) < 4.78 is 13.9. The first kappa shape index (κ1) is 35.1. The monoisotopic (exact) mass is 601 g/mol. The molecule has 0 spiro atoms. The molecule has 0 unspecified atom stereocenters. The van der Waals surface area contributed by atoms with E-state index < -0.39 is 0 Å². The molecule has 0 atom stereocenters. The molecule has 0 radical (unpaired) electrons. The van der Waals surface area contributed by atoms with Gasteiger partial charge in [0.1, 0.15) is 24.6 Å². The van der Waals surface area contributed by atoms with E-state index in [2.05, 4.69) is 49.7 Å². The van der Waals surface area contributed by atoms with E-state index in [-0.39, 0.29) is 5.91 Å². The number of carbonyl (C=O) groups is 1. The second-order valence-electron chi connectivity index (χ2n) is 12.1. The summed E-state index contributed by atoms with van der Waals surface area (Å²) in [5, 5.41) is 0. The summed E-state index contributed by atoms with van der Waals surface area (Å²) in [5.74, 6) is 1.46. The molecule has 0 N–H and O–H groups in total. The third-order valence-electron chi connectivity index (χ3n) is 8.42. The van der Waals surface area contributed by atoms with Crippen LogP contribution in [-0.4, -0.2) is 24.5 Å². The van der Waals surface area contributed by atoms with Crippen molar-refractivity contribution in [1.82, 2.24) is 4.90 Å². The van der Waals surface area contributed by atoms with Crippen LogP contribution in [0.5, 0.6) is 11.5 Å². The lowest BCUT2D eigenvalue weighted by atomic mass is 10.1. The van der Waals surface area contributed by atoms with Gasteiger partial charge in [-0.05, 0) is 48.7 Å². The van der Waals surface area contributed by atoms with Gasteiger partial charge in [0.2, 0.25) is 5.69 Å². The molecular weight excluding hydrogens is 544 g/mol. The lowest BCUT2D eigenvalue weighted by Gasteiger charge is -2.24. The van der Waals surface area contributed by atoms with E-state index in [1.807, 2.05) is 47.4 Å². The van der Waals surface area contributed by atoms with Crippen LogP contribution in [0.15, 0.2) is 66.9 Å². The van der Waals surface area contributed by atoms with Crippen molar-refractivity contribution in [2.24, 2.45) is 0 Å². The zero-order chi connectivity index (χ0) is 31.4. The molecule has 1 amide bonds. The highest BCUT2D eigenvalue weighted by atomic mass is 16.5.